The fraction of sp³-hybridized carbons (Fsp3) is 0.222. The van der Waals surface area contributed by atoms with Crippen molar-refractivity contribution >= 4 is 11.8 Å². The minimum Gasteiger partial charge on any atom is -0.493 e. The molecule has 1 N–H and O–H groups in total. The number of ether oxygens (including phenoxy) is 2. The molecule has 0 spiro atoms. The fourth-order valence-corrected chi connectivity index (χ4v) is 2.21. The average molecular weight is 329 g/mol. The van der Waals surface area contributed by atoms with Crippen LogP contribution in [-0.2, 0) is 0 Å². The van der Waals surface area contributed by atoms with Crippen molar-refractivity contribution in [3.8, 4) is 11.5 Å². The highest BCUT2D eigenvalue weighted by Gasteiger charge is 2.14. The van der Waals surface area contributed by atoms with E-state index in [4.69, 9.17) is 9.47 Å². The Balaban J connectivity index is 2.10. The van der Waals surface area contributed by atoms with Crippen LogP contribution in [0.4, 0.5) is 5.69 Å². The smallest absolute Gasteiger partial charge is 0.269 e. The molecule has 0 aliphatic rings. The average Bonchev–Trinajstić information content (AvgIpc) is 2.60. The van der Waals surface area contributed by atoms with E-state index in [1.165, 1.54) is 18.2 Å². The Bertz CT molecular complexity index is 742. The van der Waals surface area contributed by atoms with Crippen molar-refractivity contribution in [1.29, 1.82) is 0 Å². The first-order valence-electron chi connectivity index (χ1n) is 7.41. The molecule has 24 heavy (non-hydrogen) atoms. The molecule has 0 radical (unpaired) electrons. The van der Waals surface area contributed by atoms with Gasteiger partial charge in [0.1, 0.15) is 12.7 Å². The SMILES string of the molecule is C/C=C/c1ccc(OCC(O)c2cccc([N+](=O)[O-])c2)c(OC)c1. The maximum absolute atomic E-state index is 10.8. The van der Waals surface area contributed by atoms with Gasteiger partial charge in [-0.25, -0.2) is 0 Å². The summed E-state index contributed by atoms with van der Waals surface area (Å²) in [6, 6.07) is 11.3. The first-order chi connectivity index (χ1) is 11.5. The summed E-state index contributed by atoms with van der Waals surface area (Å²) in [5.41, 5.74) is 1.33. The number of methoxy groups -OCH3 is 1. The second-order valence-corrected chi connectivity index (χ2v) is 5.09. The number of allylic oxidation sites excluding steroid dienone is 1. The van der Waals surface area contributed by atoms with Crippen LogP contribution in [0.3, 0.4) is 0 Å². The summed E-state index contributed by atoms with van der Waals surface area (Å²) >= 11 is 0. The monoisotopic (exact) mass is 329 g/mol. The van der Waals surface area contributed by atoms with Crippen molar-refractivity contribution in [3.63, 3.8) is 0 Å². The zero-order valence-corrected chi connectivity index (χ0v) is 13.5. The first kappa shape index (κ1) is 17.5. The minimum absolute atomic E-state index is 0.0412. The van der Waals surface area contributed by atoms with E-state index in [2.05, 4.69) is 0 Å². The van der Waals surface area contributed by atoms with Gasteiger partial charge in [0.2, 0.25) is 0 Å². The van der Waals surface area contributed by atoms with Gasteiger partial charge in [0.05, 0.1) is 12.0 Å². The highest BCUT2D eigenvalue weighted by molar-refractivity contribution is 5.55. The van der Waals surface area contributed by atoms with Crippen molar-refractivity contribution in [3.05, 3.63) is 69.8 Å². The van der Waals surface area contributed by atoms with Crippen molar-refractivity contribution in [2.24, 2.45) is 0 Å². The van der Waals surface area contributed by atoms with Gasteiger partial charge in [-0.1, -0.05) is 30.4 Å². The molecule has 6 nitrogen and oxygen atoms in total. The Morgan fingerprint density at radius 3 is 2.71 bits per heavy atom. The molecule has 0 saturated heterocycles. The second kappa shape index (κ2) is 8.12. The van der Waals surface area contributed by atoms with Crippen LogP contribution < -0.4 is 9.47 Å². The van der Waals surface area contributed by atoms with E-state index in [0.717, 1.165) is 5.56 Å². The molecule has 0 amide bonds. The molecule has 0 fully saturated rings. The number of aliphatic hydroxyl groups excluding tert-OH is 1. The van der Waals surface area contributed by atoms with Crippen molar-refractivity contribution in [2.45, 2.75) is 13.0 Å². The van der Waals surface area contributed by atoms with Crippen LogP contribution in [0.15, 0.2) is 48.5 Å². The van der Waals surface area contributed by atoms with Gasteiger partial charge in [-0.05, 0) is 30.2 Å². The predicted octanol–water partition coefficient (Wildman–Crippen LogP) is 3.75. The number of aliphatic hydroxyl groups is 1. The Hall–Kier alpha value is -2.86. The molecule has 0 bridgehead atoms. The molecular weight excluding hydrogens is 310 g/mol. The van der Waals surface area contributed by atoms with Gasteiger partial charge in [0.15, 0.2) is 11.5 Å². The number of rotatable bonds is 7. The standard InChI is InChI=1S/C18H19NO5/c1-3-5-13-8-9-17(18(10-13)23-2)24-12-16(20)14-6-4-7-15(11-14)19(21)22/h3-11,16,20H,12H2,1-2H3/b5-3+. The summed E-state index contributed by atoms with van der Waals surface area (Å²) in [5, 5.41) is 21.0. The number of hydrogen-bond donors (Lipinski definition) is 1. The maximum atomic E-state index is 10.8. The Kier molecular flexibility index (Phi) is 5.92. The molecule has 126 valence electrons. The summed E-state index contributed by atoms with van der Waals surface area (Å²) in [6.07, 6.45) is 2.87. The molecule has 1 atom stereocenters. The summed E-state index contributed by atoms with van der Waals surface area (Å²) in [4.78, 5) is 10.3. The molecule has 2 rings (SSSR count). The maximum Gasteiger partial charge on any atom is 0.269 e. The van der Waals surface area contributed by atoms with Crippen LogP contribution in [0.2, 0.25) is 0 Å². The second-order valence-electron chi connectivity index (χ2n) is 5.09. The molecule has 0 saturated carbocycles. The van der Waals surface area contributed by atoms with Gasteiger partial charge in [-0.3, -0.25) is 10.1 Å². The molecule has 6 heteroatoms. The lowest BCUT2D eigenvalue weighted by molar-refractivity contribution is -0.385. The molecule has 0 aliphatic heterocycles. The van der Waals surface area contributed by atoms with Crippen molar-refractivity contribution < 1.29 is 19.5 Å². The molecule has 2 aromatic carbocycles. The molecule has 2 aromatic rings. The third-order valence-corrected chi connectivity index (χ3v) is 3.41. The van der Waals surface area contributed by atoms with Gasteiger partial charge in [0.25, 0.3) is 5.69 Å². The zero-order valence-electron chi connectivity index (χ0n) is 13.5. The Labute approximate surface area is 140 Å². The van der Waals surface area contributed by atoms with Gasteiger partial charge >= 0.3 is 0 Å². The van der Waals surface area contributed by atoms with Gasteiger partial charge in [-0.15, -0.1) is 0 Å². The van der Waals surface area contributed by atoms with E-state index in [1.807, 2.05) is 31.2 Å². The van der Waals surface area contributed by atoms with E-state index in [0.29, 0.717) is 17.1 Å². The largest absolute Gasteiger partial charge is 0.493 e. The summed E-state index contributed by atoms with van der Waals surface area (Å²) in [5.74, 6) is 1.05. The number of non-ortho nitro benzene ring substituents is 1. The van der Waals surface area contributed by atoms with Gasteiger partial charge in [-0.2, -0.15) is 0 Å². The normalized spacial score (nSPS) is 12.1. The Morgan fingerprint density at radius 1 is 1.25 bits per heavy atom. The lowest BCUT2D eigenvalue weighted by Crippen LogP contribution is -2.10. The highest BCUT2D eigenvalue weighted by Crippen LogP contribution is 2.30. The van der Waals surface area contributed by atoms with E-state index < -0.39 is 11.0 Å². The quantitative estimate of drug-likeness (QED) is 0.618. The lowest BCUT2D eigenvalue weighted by Gasteiger charge is -2.15. The van der Waals surface area contributed by atoms with E-state index >= 15 is 0 Å². The van der Waals surface area contributed by atoms with Crippen LogP contribution in [0.25, 0.3) is 6.08 Å². The van der Waals surface area contributed by atoms with Crippen LogP contribution in [0.1, 0.15) is 24.2 Å². The zero-order chi connectivity index (χ0) is 17.5. The summed E-state index contributed by atoms with van der Waals surface area (Å²) in [6.45, 7) is 1.88. The Morgan fingerprint density at radius 2 is 2.04 bits per heavy atom. The number of hydrogen-bond acceptors (Lipinski definition) is 5. The number of nitro benzene ring substituents is 1. The number of nitro groups is 1. The number of benzene rings is 2. The van der Waals surface area contributed by atoms with E-state index in [1.54, 1.807) is 19.2 Å². The van der Waals surface area contributed by atoms with Gasteiger partial charge in [0, 0.05) is 12.1 Å². The predicted molar refractivity (Wildman–Crippen MR) is 91.3 cm³/mol. The minimum atomic E-state index is -0.982. The van der Waals surface area contributed by atoms with E-state index in [9.17, 15) is 15.2 Å². The van der Waals surface area contributed by atoms with Crippen LogP contribution >= 0.6 is 0 Å². The lowest BCUT2D eigenvalue weighted by atomic mass is 10.1. The third kappa shape index (κ3) is 4.33. The third-order valence-electron chi connectivity index (χ3n) is 3.41. The summed E-state index contributed by atoms with van der Waals surface area (Å²) in [7, 11) is 1.54. The summed E-state index contributed by atoms with van der Waals surface area (Å²) < 4.78 is 10.9. The molecule has 0 aliphatic carbocycles. The van der Waals surface area contributed by atoms with Crippen LogP contribution in [-0.4, -0.2) is 23.7 Å². The molecule has 0 heterocycles. The molecule has 1 unspecified atom stereocenters. The molecule has 0 aromatic heterocycles. The number of nitrogens with zero attached hydrogens (tertiary/aromatic N) is 1. The first-order valence-corrected chi connectivity index (χ1v) is 7.41. The van der Waals surface area contributed by atoms with Crippen LogP contribution in [0.5, 0.6) is 11.5 Å². The van der Waals surface area contributed by atoms with Crippen LogP contribution in [0, 0.1) is 10.1 Å². The van der Waals surface area contributed by atoms with Crippen molar-refractivity contribution in [2.75, 3.05) is 13.7 Å². The van der Waals surface area contributed by atoms with Crippen molar-refractivity contribution in [1.82, 2.24) is 0 Å². The van der Waals surface area contributed by atoms with E-state index in [-0.39, 0.29) is 12.3 Å². The van der Waals surface area contributed by atoms with Gasteiger partial charge < -0.3 is 14.6 Å². The molecular formula is C18H19NO5. The highest BCUT2D eigenvalue weighted by atomic mass is 16.6. The fourth-order valence-electron chi connectivity index (χ4n) is 2.21. The topological polar surface area (TPSA) is 81.8 Å².